The molecule has 4 aromatic rings. The standard InChI is InChI=1S/C20H24N10O23P4/c21-15-9-17(25-3-23-15)29(5-27-9)19-13(33)11(31)7(41-19)1-39-54(35)46-43-48-56(37,52-54)49-44-47-55(36,53-57(38)50-45-51-57)40-2-8-12(32)14(34)20(42-8)30-6-28-10-16(22)24-4-26-18(10)30/h3-8,11-14,19-20,31-34H,1-2H2,(H2,21,23,25)(H2,22,24,26)/t7-,8-,11-,12-,13-,14-,19-,20-,54?,55?,56?/m1/s1. The number of fused-ring (bicyclic) bond motifs is 2. The van der Waals surface area contributed by atoms with Crippen molar-refractivity contribution in [2.24, 2.45) is 0 Å². The number of anilines is 2. The number of rotatable bonds is 14. The highest BCUT2D eigenvalue weighted by Crippen LogP contribution is 2.72. The van der Waals surface area contributed by atoms with Crippen LogP contribution in [0.25, 0.3) is 22.3 Å². The van der Waals surface area contributed by atoms with Crippen LogP contribution >= 0.6 is 31.3 Å². The summed E-state index contributed by atoms with van der Waals surface area (Å²) in [6.45, 7) is -1.93. The monoisotopic (exact) mass is 896 g/mol. The highest BCUT2D eigenvalue weighted by molar-refractivity contribution is 7.63. The van der Waals surface area contributed by atoms with Gasteiger partial charge < -0.3 is 41.4 Å². The summed E-state index contributed by atoms with van der Waals surface area (Å²) in [5.41, 5.74) is 12.1. The van der Waals surface area contributed by atoms with Crippen LogP contribution in [0.3, 0.4) is 0 Å². The van der Waals surface area contributed by atoms with Crippen LogP contribution in [0.4, 0.5) is 11.6 Å². The Morgan fingerprint density at radius 2 is 1.21 bits per heavy atom. The van der Waals surface area contributed by atoms with Crippen molar-refractivity contribution in [1.82, 2.24) is 39.0 Å². The average molecular weight is 896 g/mol. The second-order valence-corrected chi connectivity index (χ2v) is 17.7. The lowest BCUT2D eigenvalue weighted by Crippen LogP contribution is -2.33. The number of phosphoric acid groups is 4. The average Bonchev–Trinajstić information content (AvgIpc) is 3.91. The van der Waals surface area contributed by atoms with Crippen LogP contribution in [-0.2, 0) is 88.6 Å². The molecule has 3 unspecified atom stereocenters. The summed E-state index contributed by atoms with van der Waals surface area (Å²) in [5.74, 6) is 0.0204. The molecule has 37 heteroatoms. The summed E-state index contributed by atoms with van der Waals surface area (Å²) in [6, 6.07) is 0. The van der Waals surface area contributed by atoms with E-state index in [0.29, 0.717) is 0 Å². The van der Waals surface area contributed by atoms with Crippen LogP contribution in [0, 0.1) is 0 Å². The largest absolute Gasteiger partial charge is 0.542 e. The van der Waals surface area contributed by atoms with E-state index in [0.717, 1.165) is 12.7 Å². The Kier molecular flexibility index (Phi) is 11.0. The minimum Gasteiger partial charge on any atom is -0.387 e. The maximum Gasteiger partial charge on any atom is 0.542 e. The fourth-order valence-electron chi connectivity index (χ4n) is 5.32. The number of nitrogens with zero attached hydrogens (tertiary/aromatic N) is 8. The van der Waals surface area contributed by atoms with E-state index in [1.165, 1.54) is 21.8 Å². The van der Waals surface area contributed by atoms with Gasteiger partial charge >= 0.3 is 31.3 Å². The molecule has 4 saturated heterocycles. The molecule has 4 fully saturated rings. The molecule has 8 rings (SSSR count). The van der Waals surface area contributed by atoms with Gasteiger partial charge in [0.2, 0.25) is 0 Å². The molecule has 0 saturated carbocycles. The van der Waals surface area contributed by atoms with E-state index >= 15 is 0 Å². The third kappa shape index (κ3) is 7.98. The molecule has 0 spiro atoms. The molecule has 312 valence electrons. The number of aliphatic hydroxyl groups is 4. The van der Waals surface area contributed by atoms with Gasteiger partial charge in [0.15, 0.2) is 35.4 Å². The first-order chi connectivity index (χ1) is 27.1. The van der Waals surface area contributed by atoms with Crippen LogP contribution in [0.2, 0.25) is 0 Å². The molecular weight excluding hydrogens is 872 g/mol. The summed E-state index contributed by atoms with van der Waals surface area (Å²) < 4.78 is 110. The summed E-state index contributed by atoms with van der Waals surface area (Å²) in [4.78, 5) is 23.7. The SMILES string of the molecule is Nc1ncnc2c1ncn2[C@@H]1O[C@H](COP2(=O)OOOP(=O)(OOOP(=O)(OC[C@H]3O[C@@H](n4cnc5c(N)ncnc54)[C@H](O)[C@@H]3O)OP3(=O)OOO3)O2)[C@@H](O)[C@H]1O. The number of ether oxygens (including phenoxy) is 2. The second-order valence-electron chi connectivity index (χ2n) is 11.5. The van der Waals surface area contributed by atoms with Gasteiger partial charge in [-0.15, -0.1) is 0 Å². The highest BCUT2D eigenvalue weighted by atomic mass is 31.3. The van der Waals surface area contributed by atoms with Crippen LogP contribution in [0.5, 0.6) is 0 Å². The zero-order valence-electron chi connectivity index (χ0n) is 27.4. The topological polar surface area (TPSA) is 427 Å². The Bertz CT molecular complexity index is 2330. The molecular formula is C20H24N10O23P4. The first-order valence-electron chi connectivity index (χ1n) is 15.2. The van der Waals surface area contributed by atoms with Crippen molar-refractivity contribution in [3.05, 3.63) is 25.3 Å². The van der Waals surface area contributed by atoms with E-state index in [4.69, 9.17) is 30.0 Å². The molecule has 4 aliphatic heterocycles. The predicted octanol–water partition coefficient (Wildman–Crippen LogP) is -0.766. The Morgan fingerprint density at radius 1 is 0.702 bits per heavy atom. The first kappa shape index (κ1) is 40.6. The van der Waals surface area contributed by atoms with Crippen LogP contribution in [0.15, 0.2) is 25.3 Å². The number of nitrogen functional groups attached to an aromatic ring is 2. The van der Waals surface area contributed by atoms with Gasteiger partial charge in [-0.3, -0.25) is 18.2 Å². The minimum atomic E-state index is -5.51. The molecule has 0 amide bonds. The number of hydrogen-bond acceptors (Lipinski definition) is 31. The van der Waals surface area contributed by atoms with Crippen molar-refractivity contribution in [2.45, 2.75) is 49.1 Å². The van der Waals surface area contributed by atoms with Crippen LogP contribution in [-0.4, -0.2) is 109 Å². The predicted molar refractivity (Wildman–Crippen MR) is 166 cm³/mol. The van der Waals surface area contributed by atoms with Crippen molar-refractivity contribution < 1.29 is 109 Å². The molecule has 0 aliphatic carbocycles. The van der Waals surface area contributed by atoms with Gasteiger partial charge in [0, 0.05) is 0 Å². The van der Waals surface area contributed by atoms with E-state index in [-0.39, 0.29) is 34.0 Å². The fourth-order valence-corrected chi connectivity index (χ4v) is 9.76. The molecule has 0 bridgehead atoms. The van der Waals surface area contributed by atoms with Crippen LogP contribution in [0.1, 0.15) is 12.5 Å². The fraction of sp³-hybridized carbons (Fsp3) is 0.500. The third-order valence-corrected chi connectivity index (χ3v) is 13.5. The lowest BCUT2D eigenvalue weighted by molar-refractivity contribution is -0.498. The number of hydrogen-bond donors (Lipinski definition) is 6. The second kappa shape index (κ2) is 15.5. The zero-order chi connectivity index (χ0) is 40.3. The Hall–Kier alpha value is -3.14. The number of imidazole rings is 2. The van der Waals surface area contributed by atoms with E-state index in [9.17, 15) is 38.7 Å². The van der Waals surface area contributed by atoms with E-state index in [1.54, 1.807) is 0 Å². The number of nitrogens with two attached hydrogens (primary N) is 2. The maximum atomic E-state index is 13.4. The van der Waals surface area contributed by atoms with Gasteiger partial charge in [0.1, 0.15) is 60.3 Å². The molecule has 33 nitrogen and oxygen atoms in total. The highest BCUT2D eigenvalue weighted by Gasteiger charge is 2.55. The Balaban J connectivity index is 0.879. The summed E-state index contributed by atoms with van der Waals surface area (Å²) >= 11 is 0. The van der Waals surface area contributed by atoms with Gasteiger partial charge in [-0.2, -0.15) is 8.62 Å². The molecule has 8 heterocycles. The van der Waals surface area contributed by atoms with Gasteiger partial charge in [0.05, 0.1) is 25.9 Å². The van der Waals surface area contributed by atoms with E-state index < -0.39 is 93.6 Å². The van der Waals surface area contributed by atoms with Gasteiger partial charge in [0.25, 0.3) is 0 Å². The minimum absolute atomic E-state index is 0.000905. The normalized spacial score (nSPS) is 35.1. The maximum absolute atomic E-state index is 13.4. The Morgan fingerprint density at radius 3 is 1.75 bits per heavy atom. The van der Waals surface area contributed by atoms with E-state index in [2.05, 4.69) is 81.7 Å². The van der Waals surface area contributed by atoms with E-state index in [1.807, 2.05) is 0 Å². The lowest BCUT2D eigenvalue weighted by Gasteiger charge is -2.26. The molecule has 0 radical (unpaired) electrons. The molecule has 0 aromatic carbocycles. The van der Waals surface area contributed by atoms with Gasteiger partial charge in [-0.05, 0) is 15.1 Å². The van der Waals surface area contributed by atoms with Crippen molar-refractivity contribution in [2.75, 3.05) is 24.7 Å². The van der Waals surface area contributed by atoms with Gasteiger partial charge in [-0.1, -0.05) is 28.0 Å². The first-order valence-corrected chi connectivity index (χ1v) is 21.1. The number of aliphatic hydroxyl groups excluding tert-OH is 4. The van der Waals surface area contributed by atoms with Crippen molar-refractivity contribution in [3.8, 4) is 0 Å². The van der Waals surface area contributed by atoms with Crippen molar-refractivity contribution >= 4 is 65.3 Å². The van der Waals surface area contributed by atoms with Crippen molar-refractivity contribution in [3.63, 3.8) is 0 Å². The smallest absolute Gasteiger partial charge is 0.387 e. The van der Waals surface area contributed by atoms with Crippen molar-refractivity contribution in [1.29, 1.82) is 0 Å². The van der Waals surface area contributed by atoms with Gasteiger partial charge in [-0.25, -0.2) is 48.2 Å². The zero-order valence-corrected chi connectivity index (χ0v) is 31.0. The molecule has 4 aliphatic rings. The molecule has 8 N–H and O–H groups in total. The third-order valence-electron chi connectivity index (χ3n) is 7.92. The van der Waals surface area contributed by atoms with Crippen LogP contribution < -0.4 is 11.5 Å². The summed E-state index contributed by atoms with van der Waals surface area (Å²) in [5, 5.41) is 54.5. The quantitative estimate of drug-likeness (QED) is 0.0514. The summed E-state index contributed by atoms with van der Waals surface area (Å²) in [7, 11) is -21.0. The molecule has 4 aromatic heterocycles. The lowest BCUT2D eigenvalue weighted by atomic mass is 10.1. The number of aromatic nitrogens is 8. The molecule has 57 heavy (non-hydrogen) atoms. The Labute approximate surface area is 312 Å². The summed E-state index contributed by atoms with van der Waals surface area (Å²) in [6.07, 6.45) is -7.95. The molecule has 11 atom stereocenters.